The summed E-state index contributed by atoms with van der Waals surface area (Å²) in [4.78, 5) is 24.0. The lowest BCUT2D eigenvalue weighted by Crippen LogP contribution is -2.42. The summed E-state index contributed by atoms with van der Waals surface area (Å²) in [7, 11) is 0. The molecule has 0 heterocycles. The monoisotopic (exact) mass is 255 g/mol. The first-order chi connectivity index (χ1) is 9.09. The van der Waals surface area contributed by atoms with Crippen molar-refractivity contribution in [3.05, 3.63) is 65.7 Å². The molecule has 0 fully saturated rings. The second kappa shape index (κ2) is 5.32. The van der Waals surface area contributed by atoms with Crippen molar-refractivity contribution < 1.29 is 9.59 Å². The molecule has 0 aromatic heterocycles. The lowest BCUT2D eigenvalue weighted by Gasteiger charge is -2.14. The number of benzene rings is 2. The number of carbonyl (C=O) groups is 2. The van der Waals surface area contributed by atoms with Gasteiger partial charge in [-0.2, -0.15) is 0 Å². The van der Waals surface area contributed by atoms with Crippen LogP contribution in [0.25, 0.3) is 0 Å². The van der Waals surface area contributed by atoms with Crippen molar-refractivity contribution in [2.75, 3.05) is 5.73 Å². The number of nitrogen functional groups attached to an aromatic ring is 1. The van der Waals surface area contributed by atoms with Crippen LogP contribution in [0.1, 0.15) is 20.7 Å². The van der Waals surface area contributed by atoms with Crippen LogP contribution >= 0.6 is 0 Å². The topological polar surface area (TPSA) is 89.4 Å². The smallest absolute Gasteiger partial charge is 0.275 e. The van der Waals surface area contributed by atoms with Crippen molar-refractivity contribution in [2.24, 2.45) is 5.84 Å². The highest BCUT2D eigenvalue weighted by molar-refractivity contribution is 6.09. The molecule has 5 heteroatoms. The molecule has 0 aliphatic carbocycles. The fourth-order valence-electron chi connectivity index (χ4n) is 1.58. The van der Waals surface area contributed by atoms with Gasteiger partial charge >= 0.3 is 0 Å². The second-order valence-corrected chi connectivity index (χ2v) is 3.97. The minimum absolute atomic E-state index is 0.306. The van der Waals surface area contributed by atoms with Crippen molar-refractivity contribution in [3.63, 3.8) is 0 Å². The van der Waals surface area contributed by atoms with Gasteiger partial charge in [-0.1, -0.05) is 18.2 Å². The fraction of sp³-hybridized carbons (Fsp3) is 0. The largest absolute Gasteiger partial charge is 0.399 e. The number of carbonyl (C=O) groups excluding carboxylic acids is 2. The third kappa shape index (κ3) is 2.78. The average molecular weight is 255 g/mol. The molecular formula is C14H13N3O2. The molecule has 2 rings (SSSR count). The zero-order valence-electron chi connectivity index (χ0n) is 10.1. The molecule has 0 spiro atoms. The Morgan fingerprint density at radius 3 is 1.79 bits per heavy atom. The number of anilines is 1. The molecule has 0 aliphatic rings. The average Bonchev–Trinajstić information content (AvgIpc) is 2.46. The van der Waals surface area contributed by atoms with Crippen LogP contribution in [0, 0.1) is 0 Å². The van der Waals surface area contributed by atoms with Crippen LogP contribution in [0.3, 0.4) is 0 Å². The predicted octanol–water partition coefficient (Wildman–Crippen LogP) is 1.43. The van der Waals surface area contributed by atoms with Crippen molar-refractivity contribution in [2.45, 2.75) is 0 Å². The number of hydrazine groups is 1. The predicted molar refractivity (Wildman–Crippen MR) is 72.0 cm³/mol. The highest BCUT2D eigenvalue weighted by atomic mass is 16.2. The van der Waals surface area contributed by atoms with Crippen LogP contribution in [0.5, 0.6) is 0 Å². The molecule has 19 heavy (non-hydrogen) atoms. The Kier molecular flexibility index (Phi) is 3.58. The van der Waals surface area contributed by atoms with Crippen molar-refractivity contribution in [1.82, 2.24) is 5.01 Å². The number of rotatable bonds is 2. The standard InChI is InChI=1S/C14H13N3O2/c15-12-8-6-11(7-9-12)14(19)17(16)13(18)10-4-2-1-3-5-10/h1-9H,15-16H2. The van der Waals surface area contributed by atoms with E-state index in [2.05, 4.69) is 0 Å². The SMILES string of the molecule is Nc1ccc(C(=O)N(N)C(=O)c2ccccc2)cc1. The maximum atomic E-state index is 12.0. The molecular weight excluding hydrogens is 242 g/mol. The van der Waals surface area contributed by atoms with Gasteiger partial charge in [0.25, 0.3) is 11.8 Å². The Balaban J connectivity index is 2.20. The van der Waals surface area contributed by atoms with Crippen molar-refractivity contribution >= 4 is 17.5 Å². The van der Waals surface area contributed by atoms with E-state index in [1.165, 1.54) is 12.1 Å². The fourth-order valence-corrected chi connectivity index (χ4v) is 1.58. The Bertz CT molecular complexity index is 594. The number of nitrogens with two attached hydrogens (primary N) is 2. The van der Waals surface area contributed by atoms with Gasteiger partial charge in [-0.15, -0.1) is 0 Å². The Morgan fingerprint density at radius 1 is 0.789 bits per heavy atom. The van der Waals surface area contributed by atoms with E-state index in [1.54, 1.807) is 42.5 Å². The summed E-state index contributed by atoms with van der Waals surface area (Å²) in [6.07, 6.45) is 0. The normalized spacial score (nSPS) is 9.95. The lowest BCUT2D eigenvalue weighted by molar-refractivity contribution is 0.0615. The molecule has 0 saturated carbocycles. The van der Waals surface area contributed by atoms with E-state index >= 15 is 0 Å². The van der Waals surface area contributed by atoms with Gasteiger partial charge in [-0.25, -0.2) is 10.9 Å². The first-order valence-corrected chi connectivity index (χ1v) is 5.63. The van der Waals surface area contributed by atoms with Gasteiger partial charge < -0.3 is 5.73 Å². The molecule has 0 aliphatic heterocycles. The molecule has 2 aromatic carbocycles. The summed E-state index contributed by atoms with van der Waals surface area (Å²) in [5.74, 6) is 4.44. The van der Waals surface area contributed by atoms with Crippen LogP contribution in [0.15, 0.2) is 54.6 Å². The lowest BCUT2D eigenvalue weighted by atomic mass is 10.1. The van der Waals surface area contributed by atoms with Gasteiger partial charge in [0.1, 0.15) is 0 Å². The van der Waals surface area contributed by atoms with Gasteiger partial charge in [0.15, 0.2) is 0 Å². The molecule has 2 amide bonds. The molecule has 5 nitrogen and oxygen atoms in total. The van der Waals surface area contributed by atoms with E-state index in [0.717, 1.165) is 0 Å². The number of imide groups is 1. The summed E-state index contributed by atoms with van der Waals surface area (Å²) in [5, 5.41) is 0.598. The highest BCUT2D eigenvalue weighted by Gasteiger charge is 2.20. The zero-order chi connectivity index (χ0) is 13.8. The summed E-state index contributed by atoms with van der Waals surface area (Å²) < 4.78 is 0. The number of nitrogens with zero attached hydrogens (tertiary/aromatic N) is 1. The van der Waals surface area contributed by atoms with Gasteiger partial charge in [0.2, 0.25) is 0 Å². The molecule has 0 unspecified atom stereocenters. The van der Waals surface area contributed by atoms with Gasteiger partial charge in [0.05, 0.1) is 0 Å². The molecule has 0 bridgehead atoms. The molecule has 96 valence electrons. The van der Waals surface area contributed by atoms with Crippen LogP contribution in [-0.4, -0.2) is 16.8 Å². The van der Waals surface area contributed by atoms with Crippen LogP contribution < -0.4 is 11.6 Å². The maximum Gasteiger partial charge on any atom is 0.275 e. The van der Waals surface area contributed by atoms with Crippen molar-refractivity contribution in [1.29, 1.82) is 0 Å². The molecule has 0 atom stereocenters. The first kappa shape index (κ1) is 12.8. The number of hydrogen-bond acceptors (Lipinski definition) is 4. The Labute approximate surface area is 110 Å². The van der Waals surface area contributed by atoms with E-state index in [-0.39, 0.29) is 0 Å². The minimum Gasteiger partial charge on any atom is -0.399 e. The number of hydrogen-bond donors (Lipinski definition) is 2. The Hall–Kier alpha value is -2.66. The van der Waals surface area contributed by atoms with E-state index in [4.69, 9.17) is 11.6 Å². The quantitative estimate of drug-likeness (QED) is 0.279. The molecule has 2 aromatic rings. The minimum atomic E-state index is -0.575. The molecule has 0 radical (unpaired) electrons. The van der Waals surface area contributed by atoms with E-state index in [9.17, 15) is 9.59 Å². The third-order valence-electron chi connectivity index (χ3n) is 2.62. The summed E-state index contributed by atoms with van der Waals surface area (Å²) >= 11 is 0. The van der Waals surface area contributed by atoms with Crippen LogP contribution in [0.2, 0.25) is 0 Å². The summed E-state index contributed by atoms with van der Waals surface area (Å²) in [6, 6.07) is 14.6. The molecule has 0 saturated heterocycles. The van der Waals surface area contributed by atoms with E-state index in [1.807, 2.05) is 0 Å². The van der Waals surface area contributed by atoms with Crippen LogP contribution in [-0.2, 0) is 0 Å². The van der Waals surface area contributed by atoms with Gasteiger partial charge in [-0.05, 0) is 36.4 Å². The second-order valence-electron chi connectivity index (χ2n) is 3.97. The number of amides is 2. The molecule has 4 N–H and O–H groups in total. The highest BCUT2D eigenvalue weighted by Crippen LogP contribution is 2.09. The van der Waals surface area contributed by atoms with E-state index < -0.39 is 11.8 Å². The van der Waals surface area contributed by atoms with Crippen molar-refractivity contribution in [3.8, 4) is 0 Å². The summed E-state index contributed by atoms with van der Waals surface area (Å²) in [5.41, 5.74) is 6.73. The Morgan fingerprint density at radius 2 is 1.26 bits per heavy atom. The van der Waals surface area contributed by atoms with Crippen LogP contribution in [0.4, 0.5) is 5.69 Å². The first-order valence-electron chi connectivity index (χ1n) is 5.63. The zero-order valence-corrected chi connectivity index (χ0v) is 10.1. The maximum absolute atomic E-state index is 12.0. The van der Waals surface area contributed by atoms with Gasteiger partial charge in [-0.3, -0.25) is 9.59 Å². The van der Waals surface area contributed by atoms with E-state index in [0.29, 0.717) is 21.8 Å². The third-order valence-corrected chi connectivity index (χ3v) is 2.62. The van der Waals surface area contributed by atoms with Gasteiger partial charge in [0, 0.05) is 16.8 Å². The summed E-state index contributed by atoms with van der Waals surface area (Å²) in [6.45, 7) is 0.